The lowest BCUT2D eigenvalue weighted by Gasteiger charge is -2.27. The van der Waals surface area contributed by atoms with Gasteiger partial charge in [-0.2, -0.15) is 10.2 Å². The number of hydrogen-bond donors (Lipinski definition) is 2. The van der Waals surface area contributed by atoms with E-state index < -0.39 is 11.9 Å². The summed E-state index contributed by atoms with van der Waals surface area (Å²) in [6.45, 7) is 4.45. The first kappa shape index (κ1) is 20.3. The summed E-state index contributed by atoms with van der Waals surface area (Å²) in [6.07, 6.45) is 5.73. The fourth-order valence-electron chi connectivity index (χ4n) is 2.69. The third-order valence-electron chi connectivity index (χ3n) is 4.10. The minimum atomic E-state index is -1.23. The van der Waals surface area contributed by atoms with E-state index in [1.54, 1.807) is 12.1 Å². The van der Waals surface area contributed by atoms with E-state index in [1.165, 1.54) is 12.1 Å². The van der Waals surface area contributed by atoms with Crippen LogP contribution >= 0.6 is 15.9 Å². The molecule has 0 amide bonds. The van der Waals surface area contributed by atoms with Gasteiger partial charge in [0.05, 0.1) is 22.5 Å². The van der Waals surface area contributed by atoms with Crippen molar-refractivity contribution < 1.29 is 19.8 Å². The summed E-state index contributed by atoms with van der Waals surface area (Å²) >= 11 is 3.63. The number of halogens is 1. The van der Waals surface area contributed by atoms with Crippen LogP contribution in [0.25, 0.3) is 0 Å². The zero-order valence-electron chi connectivity index (χ0n) is 15.1. The number of azo groups is 1. The molecule has 2 N–H and O–H groups in total. The molecule has 1 aliphatic heterocycles. The van der Waals surface area contributed by atoms with E-state index in [-0.39, 0.29) is 21.9 Å². The molecule has 0 radical (unpaired) electrons. The molecule has 0 aliphatic carbocycles. The van der Waals surface area contributed by atoms with Crippen LogP contribution in [0.5, 0.6) is 0 Å². The predicted octanol–water partition coefficient (Wildman–Crippen LogP) is 4.96. The van der Waals surface area contributed by atoms with E-state index >= 15 is 0 Å². The largest absolute Gasteiger partial charge is 0.478 e. The van der Waals surface area contributed by atoms with Crippen molar-refractivity contribution in [2.75, 3.05) is 11.4 Å². The molecule has 2 aromatic carbocycles. The van der Waals surface area contributed by atoms with Gasteiger partial charge in [-0.1, -0.05) is 6.08 Å². The van der Waals surface area contributed by atoms with Crippen molar-refractivity contribution in [2.45, 2.75) is 5.08 Å². The topological polar surface area (TPSA) is 106 Å². The zero-order chi connectivity index (χ0) is 21.0. The minimum absolute atomic E-state index is 0.0267. The molecule has 1 heterocycles. The SMILES string of the molecule is C=CCN1C=CN(c2ccc(N=Nc3cc(C(=O)O)cc(C(=O)O)c3)cc2)C1Br. The van der Waals surface area contributed by atoms with Gasteiger partial charge in [0.25, 0.3) is 0 Å². The van der Waals surface area contributed by atoms with Crippen LogP contribution in [0.15, 0.2) is 77.7 Å². The number of aromatic carboxylic acids is 2. The Bertz CT molecular complexity index is 972. The molecular weight excluding hydrogens is 440 g/mol. The molecule has 3 rings (SSSR count). The van der Waals surface area contributed by atoms with Crippen molar-refractivity contribution in [3.05, 3.63) is 78.6 Å². The Morgan fingerprint density at radius 2 is 1.59 bits per heavy atom. The lowest BCUT2D eigenvalue weighted by atomic mass is 10.1. The van der Waals surface area contributed by atoms with Crippen LogP contribution in [0.2, 0.25) is 0 Å². The number of carbonyl (C=O) groups is 2. The molecule has 9 heteroatoms. The number of nitrogens with zero attached hydrogens (tertiary/aromatic N) is 4. The number of benzene rings is 2. The van der Waals surface area contributed by atoms with Crippen LogP contribution in [0.3, 0.4) is 0 Å². The second-order valence-electron chi connectivity index (χ2n) is 6.10. The Balaban J connectivity index is 1.77. The second-order valence-corrected chi connectivity index (χ2v) is 6.92. The standard InChI is InChI=1S/C20H17BrN4O4/c1-2-7-24-8-9-25(20(24)21)17-5-3-15(4-6-17)22-23-16-11-13(18(26)27)10-14(12-16)19(28)29/h2-6,8-12,20H,1,7H2,(H,26,27)(H,28,29). The van der Waals surface area contributed by atoms with Gasteiger partial charge >= 0.3 is 11.9 Å². The summed E-state index contributed by atoms with van der Waals surface area (Å²) in [4.78, 5) is 26.4. The Kier molecular flexibility index (Phi) is 6.08. The van der Waals surface area contributed by atoms with Crippen molar-refractivity contribution in [3.8, 4) is 0 Å². The van der Waals surface area contributed by atoms with Crippen LogP contribution in [0.1, 0.15) is 20.7 Å². The highest BCUT2D eigenvalue weighted by atomic mass is 79.9. The highest BCUT2D eigenvalue weighted by Crippen LogP contribution is 2.30. The Labute approximate surface area is 175 Å². The highest BCUT2D eigenvalue weighted by molar-refractivity contribution is 9.09. The quantitative estimate of drug-likeness (QED) is 0.264. The lowest BCUT2D eigenvalue weighted by molar-refractivity contribution is 0.0696. The monoisotopic (exact) mass is 456 g/mol. The molecule has 29 heavy (non-hydrogen) atoms. The van der Waals surface area contributed by atoms with E-state index in [4.69, 9.17) is 10.2 Å². The number of anilines is 1. The molecule has 0 aromatic heterocycles. The molecule has 0 fully saturated rings. The molecule has 0 bridgehead atoms. The third-order valence-corrected chi connectivity index (χ3v) is 5.07. The first-order valence-corrected chi connectivity index (χ1v) is 9.41. The number of alkyl halides is 1. The van der Waals surface area contributed by atoms with Crippen LogP contribution in [0.4, 0.5) is 17.1 Å². The van der Waals surface area contributed by atoms with Crippen molar-refractivity contribution in [1.29, 1.82) is 0 Å². The van der Waals surface area contributed by atoms with Crippen molar-refractivity contribution in [2.24, 2.45) is 10.2 Å². The van der Waals surface area contributed by atoms with Gasteiger partial charge < -0.3 is 20.0 Å². The first-order chi connectivity index (χ1) is 13.9. The lowest BCUT2D eigenvalue weighted by Crippen LogP contribution is -2.33. The summed E-state index contributed by atoms with van der Waals surface area (Å²) in [5, 5.41) is 26.3. The van der Waals surface area contributed by atoms with Gasteiger partial charge in [0.15, 0.2) is 5.08 Å². The normalized spacial score (nSPS) is 15.8. The van der Waals surface area contributed by atoms with E-state index in [0.29, 0.717) is 12.2 Å². The number of rotatable bonds is 7. The molecule has 0 saturated heterocycles. The van der Waals surface area contributed by atoms with E-state index in [9.17, 15) is 9.59 Å². The molecule has 1 atom stereocenters. The zero-order valence-corrected chi connectivity index (χ0v) is 16.7. The summed E-state index contributed by atoms with van der Waals surface area (Å²) in [5.41, 5.74) is 1.30. The molecule has 148 valence electrons. The molecular formula is C20H17BrN4O4. The van der Waals surface area contributed by atoms with Crippen molar-refractivity contribution in [3.63, 3.8) is 0 Å². The highest BCUT2D eigenvalue weighted by Gasteiger charge is 2.23. The fraction of sp³-hybridized carbons (Fsp3) is 0.100. The molecule has 0 saturated carbocycles. The Morgan fingerprint density at radius 3 is 2.14 bits per heavy atom. The maximum atomic E-state index is 11.2. The number of carboxylic acid groups (broad SMARTS) is 2. The molecule has 0 spiro atoms. The maximum Gasteiger partial charge on any atom is 0.335 e. The van der Waals surface area contributed by atoms with Gasteiger partial charge in [-0.25, -0.2) is 9.59 Å². The van der Waals surface area contributed by atoms with Gasteiger partial charge in [0, 0.05) is 24.6 Å². The van der Waals surface area contributed by atoms with Crippen LogP contribution in [-0.2, 0) is 0 Å². The van der Waals surface area contributed by atoms with E-state index in [2.05, 4.69) is 37.6 Å². The fourth-order valence-corrected chi connectivity index (χ4v) is 3.36. The van der Waals surface area contributed by atoms with Crippen LogP contribution in [0, 0.1) is 0 Å². The molecule has 1 unspecified atom stereocenters. The first-order valence-electron chi connectivity index (χ1n) is 8.50. The third kappa shape index (κ3) is 4.69. The minimum Gasteiger partial charge on any atom is -0.478 e. The van der Waals surface area contributed by atoms with Gasteiger partial charge in [-0.3, -0.25) is 0 Å². The molecule has 8 nitrogen and oxygen atoms in total. The average molecular weight is 457 g/mol. The average Bonchev–Trinajstić information content (AvgIpc) is 3.07. The molecule has 2 aromatic rings. The summed E-state index contributed by atoms with van der Waals surface area (Å²) in [5.74, 6) is -2.47. The van der Waals surface area contributed by atoms with Gasteiger partial charge in [0.2, 0.25) is 0 Å². The van der Waals surface area contributed by atoms with Crippen molar-refractivity contribution in [1.82, 2.24) is 4.90 Å². The van der Waals surface area contributed by atoms with Gasteiger partial charge in [0.1, 0.15) is 0 Å². The number of carboxylic acids is 2. The number of hydrogen-bond acceptors (Lipinski definition) is 6. The maximum absolute atomic E-state index is 11.2. The summed E-state index contributed by atoms with van der Waals surface area (Å²) in [7, 11) is 0. The van der Waals surface area contributed by atoms with Crippen LogP contribution in [-0.4, -0.2) is 38.7 Å². The second kappa shape index (κ2) is 8.70. The van der Waals surface area contributed by atoms with Gasteiger partial charge in [-0.05, 0) is 58.4 Å². The predicted molar refractivity (Wildman–Crippen MR) is 112 cm³/mol. The van der Waals surface area contributed by atoms with Crippen molar-refractivity contribution >= 4 is 44.9 Å². The van der Waals surface area contributed by atoms with E-state index in [0.717, 1.165) is 11.8 Å². The van der Waals surface area contributed by atoms with Crippen LogP contribution < -0.4 is 4.90 Å². The Hall–Kier alpha value is -3.46. The van der Waals surface area contributed by atoms with E-state index in [1.807, 2.05) is 35.5 Å². The molecule has 1 aliphatic rings. The summed E-state index contributed by atoms with van der Waals surface area (Å²) < 4.78 is 0. The van der Waals surface area contributed by atoms with Gasteiger partial charge in [-0.15, -0.1) is 6.58 Å². The summed E-state index contributed by atoms with van der Waals surface area (Å²) in [6, 6.07) is 10.9. The smallest absolute Gasteiger partial charge is 0.335 e. The Morgan fingerprint density at radius 1 is 1.00 bits per heavy atom.